The highest BCUT2D eigenvalue weighted by atomic mass is 35.5. The van der Waals surface area contributed by atoms with Crippen molar-refractivity contribution in [2.24, 2.45) is 0 Å². The fourth-order valence-electron chi connectivity index (χ4n) is 12.3. The van der Waals surface area contributed by atoms with Crippen molar-refractivity contribution >= 4 is 128 Å². The summed E-state index contributed by atoms with van der Waals surface area (Å²) in [6.45, 7) is 0.941. The molecule has 6 aromatic heterocycles. The average molecular weight is 1420 g/mol. The van der Waals surface area contributed by atoms with E-state index in [-0.39, 0.29) is 76.5 Å². The highest BCUT2D eigenvalue weighted by Gasteiger charge is 2.42. The minimum absolute atomic E-state index is 0.0734. The number of aromatic nitrogens is 6. The predicted molar refractivity (Wildman–Crippen MR) is 338 cm³/mol. The Hall–Kier alpha value is -5.77. The zero-order valence-corrected chi connectivity index (χ0v) is 53.4. The normalized spacial score (nSPS) is 18.3. The van der Waals surface area contributed by atoms with Gasteiger partial charge in [0.15, 0.2) is 17.1 Å². The first-order valence-corrected chi connectivity index (χ1v) is 32.6. The molecule has 0 spiro atoms. The third kappa shape index (κ3) is 14.4. The van der Waals surface area contributed by atoms with Crippen LogP contribution < -0.4 is 16.0 Å². The number of halogens is 15. The Kier molecular flexibility index (Phi) is 19.3. The number of benzene rings is 3. The van der Waals surface area contributed by atoms with Crippen molar-refractivity contribution in [1.29, 1.82) is 0 Å². The number of phosphoric ester groups is 1. The van der Waals surface area contributed by atoms with E-state index in [1.165, 1.54) is 18.2 Å². The minimum atomic E-state index is -4.88. The van der Waals surface area contributed by atoms with Crippen LogP contribution in [0.4, 0.5) is 57.0 Å². The van der Waals surface area contributed by atoms with Gasteiger partial charge in [0.1, 0.15) is 17.5 Å². The quantitative estimate of drug-likeness (QED) is 0.0296. The largest absolute Gasteiger partial charge is 0.474 e. The Morgan fingerprint density at radius 2 is 0.728 bits per heavy atom. The van der Waals surface area contributed by atoms with Gasteiger partial charge in [-0.1, -0.05) is 69.6 Å². The molecule has 0 radical (unpaired) electrons. The second-order valence-corrected chi connectivity index (χ2v) is 26.4. The lowest BCUT2D eigenvalue weighted by Crippen LogP contribution is -2.41. The molecule has 6 N–H and O–H groups in total. The number of nitrogens with zero attached hydrogens (tertiary/aromatic N) is 6. The van der Waals surface area contributed by atoms with Crippen molar-refractivity contribution < 1.29 is 57.7 Å². The molecule has 0 amide bonds. The van der Waals surface area contributed by atoms with Gasteiger partial charge >= 0.3 is 26.4 Å². The molecule has 0 saturated heterocycles. The summed E-state index contributed by atoms with van der Waals surface area (Å²) in [6, 6.07) is 21.3. The van der Waals surface area contributed by atoms with Crippen molar-refractivity contribution in [2.45, 2.75) is 55.9 Å². The van der Waals surface area contributed by atoms with Gasteiger partial charge in [-0.15, -0.1) is 0 Å². The molecular weight excluding hydrogens is 1370 g/mol. The van der Waals surface area contributed by atoms with Crippen LogP contribution in [0.3, 0.4) is 0 Å². The third-order valence-corrected chi connectivity index (χ3v) is 19.6. The van der Waals surface area contributed by atoms with E-state index in [4.69, 9.17) is 83.2 Å². The van der Waals surface area contributed by atoms with Crippen LogP contribution in [0.1, 0.15) is 69.0 Å². The van der Waals surface area contributed by atoms with Crippen LogP contribution in [-0.2, 0) is 55.9 Å². The molecule has 32 heteroatoms. The van der Waals surface area contributed by atoms with Gasteiger partial charge in [-0.3, -0.25) is 28.3 Å². The molecule has 12 rings (SSSR count). The Morgan fingerprint density at radius 3 is 1.00 bits per heavy atom. The molecule has 0 fully saturated rings. The van der Waals surface area contributed by atoms with Gasteiger partial charge in [0, 0.05) is 124 Å². The molecule has 3 aromatic carbocycles. The van der Waals surface area contributed by atoms with Gasteiger partial charge in [-0.25, -0.2) is 19.5 Å². The molecule has 0 saturated carbocycles. The van der Waals surface area contributed by atoms with Crippen LogP contribution in [0, 0.1) is 0 Å². The van der Waals surface area contributed by atoms with Gasteiger partial charge in [0.2, 0.25) is 0 Å². The monoisotopic (exact) mass is 1420 g/mol. The summed E-state index contributed by atoms with van der Waals surface area (Å²) in [4.78, 5) is 27.8. The summed E-state index contributed by atoms with van der Waals surface area (Å²) in [6.07, 6.45) is -13.0. The second kappa shape index (κ2) is 26.8. The van der Waals surface area contributed by atoms with Gasteiger partial charge in [0.05, 0.1) is 53.0 Å². The highest BCUT2D eigenvalue weighted by Crippen LogP contribution is 2.54. The molecule has 9 aromatic rings. The van der Waals surface area contributed by atoms with Gasteiger partial charge in [0.25, 0.3) is 0 Å². The molecule has 0 aliphatic carbocycles. The van der Waals surface area contributed by atoms with Crippen molar-refractivity contribution in [3.05, 3.63) is 172 Å². The Labute approximate surface area is 549 Å². The number of alkyl halides is 9. The predicted octanol–water partition coefficient (Wildman–Crippen LogP) is 16.9. The van der Waals surface area contributed by atoms with E-state index in [9.17, 15) is 39.5 Å². The van der Waals surface area contributed by atoms with Crippen LogP contribution in [0.25, 0.3) is 32.7 Å². The van der Waals surface area contributed by atoms with E-state index in [2.05, 4.69) is 45.9 Å². The maximum atomic E-state index is 16.3. The van der Waals surface area contributed by atoms with Gasteiger partial charge < -0.3 is 30.9 Å². The zero-order valence-electron chi connectivity index (χ0n) is 47.9. The van der Waals surface area contributed by atoms with Crippen molar-refractivity contribution in [3.63, 3.8) is 0 Å². The molecule has 3 aliphatic rings. The van der Waals surface area contributed by atoms with E-state index in [1.807, 2.05) is 51.1 Å². The number of pyridine rings is 3. The number of H-pyrrole nitrogens is 3. The van der Waals surface area contributed by atoms with Crippen LogP contribution in [0.2, 0.25) is 30.1 Å². The topological polar surface area (TPSA) is 177 Å². The fraction of sp³-hybridized carbons (Fsp3) is 0.350. The maximum Gasteiger partial charge on any atom is 0.474 e. The number of nitrogens with one attached hydrogen (secondary N) is 6. The van der Waals surface area contributed by atoms with Crippen LogP contribution in [-0.4, -0.2) is 123 Å². The van der Waals surface area contributed by atoms with E-state index in [0.29, 0.717) is 71.0 Å². The molecule has 92 heavy (non-hydrogen) atoms. The zero-order chi connectivity index (χ0) is 65.0. The van der Waals surface area contributed by atoms with Crippen molar-refractivity contribution in [2.75, 3.05) is 94.7 Å². The molecule has 488 valence electrons. The number of hydrogen-bond donors (Lipinski definition) is 6. The summed E-state index contributed by atoms with van der Waals surface area (Å²) >= 11 is 37.4. The fourth-order valence-corrected chi connectivity index (χ4v) is 14.7. The molecular formula is C60H54Cl6F9N12O4P. The molecule has 3 aliphatic heterocycles. The standard InChI is InChI=1S/C60H54Cl6F9N12O4P/c61-31-1-7-43-37(25-31)34-13-19-85(22-16-76-49-10-4-40(64)55(82-49)58(67,68)69)46(52(34)79-43)28-89-92(88,90-29-47-53-35(38-26-32(62)2-8-44(38)80-53)14-20-86(47)23-17-77-50-11-5-41(65)56(83-50)59(70,71)72)91-30-48-54-36(39-27-33(63)3-9-45(39)81-54)15-21-87(48)24-18-78-51-12-6-42(66)57(84-51)60(73,74)75/h1-12,25-27,46-48,79-81H,13-24,28-30H2,(H,76,82)(H,77,83)(H,78,84). The first kappa shape index (κ1) is 66.3. The van der Waals surface area contributed by atoms with Crippen LogP contribution >= 0.6 is 77.4 Å². The van der Waals surface area contributed by atoms with Crippen molar-refractivity contribution in [3.8, 4) is 0 Å². The summed E-state index contributed by atoms with van der Waals surface area (Å²) in [7, 11) is -4.88. The number of anilines is 3. The van der Waals surface area contributed by atoms with Crippen LogP contribution in [0.15, 0.2) is 91.0 Å². The first-order chi connectivity index (χ1) is 43.8. The SMILES string of the molecule is O=P(OCC1c2[nH]c3ccc(Cl)cc3c2CCN1CCNc1ccc(Cl)c(C(F)(F)F)n1)(OCC1c2[nH]c3ccc(Cl)cc3c2CCN1CCNc1ccc(Cl)c(C(F)(F)F)n1)OCC1c2[nH]c3ccc(Cl)cc3c2CCN1CCNc1ccc(Cl)c(C(F)(F)F)n1. The Morgan fingerprint density at radius 1 is 0.446 bits per heavy atom. The first-order valence-electron chi connectivity index (χ1n) is 28.9. The number of phosphoric acid groups is 1. The van der Waals surface area contributed by atoms with Crippen molar-refractivity contribution in [1.82, 2.24) is 44.6 Å². The van der Waals surface area contributed by atoms with Crippen LogP contribution in [0.5, 0.6) is 0 Å². The summed E-state index contributed by atoms with van der Waals surface area (Å²) in [5.74, 6) is -0.220. The lowest BCUT2D eigenvalue weighted by molar-refractivity contribution is -0.141. The number of aromatic amines is 3. The summed E-state index contributed by atoms with van der Waals surface area (Å²) < 4.78 is 161. The third-order valence-electron chi connectivity index (χ3n) is 16.6. The molecule has 3 atom stereocenters. The van der Waals surface area contributed by atoms with E-state index in [0.717, 1.165) is 67.6 Å². The maximum absolute atomic E-state index is 16.3. The molecule has 16 nitrogen and oxygen atoms in total. The number of rotatable bonds is 21. The minimum Gasteiger partial charge on any atom is -0.369 e. The second-order valence-electron chi connectivity index (χ2n) is 22.2. The molecule has 9 heterocycles. The summed E-state index contributed by atoms with van der Waals surface area (Å²) in [5, 5.41) is 11.2. The van der Waals surface area contributed by atoms with E-state index >= 15 is 4.57 Å². The Bertz CT molecular complexity index is 3850. The number of hydrogen-bond acceptors (Lipinski definition) is 13. The van der Waals surface area contributed by atoms with Gasteiger partial charge in [-0.2, -0.15) is 39.5 Å². The van der Waals surface area contributed by atoms with E-state index in [1.54, 1.807) is 18.2 Å². The van der Waals surface area contributed by atoms with Gasteiger partial charge in [-0.05, 0) is 127 Å². The Balaban J connectivity index is 0.883. The average Bonchev–Trinajstić information content (AvgIpc) is 1.62. The summed E-state index contributed by atoms with van der Waals surface area (Å²) in [5.41, 5.74) is 3.21. The molecule has 3 unspecified atom stereocenters. The number of fused-ring (bicyclic) bond motifs is 9. The lowest BCUT2D eigenvalue weighted by atomic mass is 9.97. The smallest absolute Gasteiger partial charge is 0.369 e. The highest BCUT2D eigenvalue weighted by molar-refractivity contribution is 7.48. The van der Waals surface area contributed by atoms with E-state index < -0.39 is 76.6 Å². The molecule has 0 bridgehead atoms. The lowest BCUT2D eigenvalue weighted by Gasteiger charge is -2.38.